The molecule has 2 saturated heterocycles. The van der Waals surface area contributed by atoms with E-state index in [0.717, 1.165) is 48.6 Å². The van der Waals surface area contributed by atoms with E-state index in [9.17, 15) is 8.78 Å². The van der Waals surface area contributed by atoms with Crippen LogP contribution in [-0.2, 0) is 10.3 Å². The summed E-state index contributed by atoms with van der Waals surface area (Å²) in [7, 11) is 0. The van der Waals surface area contributed by atoms with E-state index >= 15 is 0 Å². The molecule has 1 N–H and O–H groups in total. The molecule has 200 valence electrons. The Morgan fingerprint density at radius 1 is 1.08 bits per heavy atom. The quantitative estimate of drug-likeness (QED) is 0.480. The van der Waals surface area contributed by atoms with Crippen LogP contribution in [0, 0.1) is 5.92 Å². The number of hydrogen-bond donors (Lipinski definition) is 1. The molecule has 3 aromatic heterocycles. The van der Waals surface area contributed by atoms with Crippen molar-refractivity contribution in [3.63, 3.8) is 0 Å². The number of anilines is 1. The van der Waals surface area contributed by atoms with Crippen LogP contribution in [0.5, 0.6) is 0 Å². The van der Waals surface area contributed by atoms with Gasteiger partial charge in [0.15, 0.2) is 5.54 Å². The van der Waals surface area contributed by atoms with E-state index in [-0.39, 0.29) is 18.8 Å². The highest BCUT2D eigenvalue weighted by molar-refractivity contribution is 5.58. The first-order valence-corrected chi connectivity index (χ1v) is 13.8. The second-order valence-corrected chi connectivity index (χ2v) is 11.6. The van der Waals surface area contributed by atoms with Gasteiger partial charge < -0.3 is 15.0 Å². The largest absolute Gasteiger partial charge is 0.375 e. The molecule has 10 heteroatoms. The van der Waals surface area contributed by atoms with Gasteiger partial charge in [0.1, 0.15) is 5.69 Å². The number of aromatic nitrogens is 5. The molecule has 1 atom stereocenters. The van der Waals surface area contributed by atoms with E-state index in [1.54, 1.807) is 0 Å². The molecule has 0 bridgehead atoms. The first-order chi connectivity index (χ1) is 18.5. The highest BCUT2D eigenvalue weighted by atomic mass is 19.3. The number of alkyl halides is 2. The van der Waals surface area contributed by atoms with Gasteiger partial charge in [-0.15, -0.1) is 5.10 Å². The van der Waals surface area contributed by atoms with Crippen molar-refractivity contribution in [2.24, 2.45) is 5.92 Å². The lowest BCUT2D eigenvalue weighted by atomic mass is 9.81. The molecular formula is C28H33F2N7O. The van der Waals surface area contributed by atoms with Crippen molar-refractivity contribution >= 4 is 5.69 Å². The minimum Gasteiger partial charge on any atom is -0.375 e. The van der Waals surface area contributed by atoms with Crippen LogP contribution in [0.3, 0.4) is 0 Å². The summed E-state index contributed by atoms with van der Waals surface area (Å²) in [5.41, 5.74) is 4.58. The molecule has 0 spiro atoms. The van der Waals surface area contributed by atoms with Crippen molar-refractivity contribution in [2.75, 3.05) is 37.7 Å². The number of piperidine rings is 1. The van der Waals surface area contributed by atoms with Crippen molar-refractivity contribution in [3.05, 3.63) is 54.2 Å². The van der Waals surface area contributed by atoms with E-state index < -0.39 is 11.5 Å². The van der Waals surface area contributed by atoms with Crippen LogP contribution >= 0.6 is 0 Å². The Balaban J connectivity index is 1.03. The fourth-order valence-corrected chi connectivity index (χ4v) is 6.03. The molecule has 38 heavy (non-hydrogen) atoms. The molecule has 0 unspecified atom stereocenters. The molecule has 3 aromatic rings. The maximum absolute atomic E-state index is 13.2. The number of nitrogens with zero attached hydrogens (tertiary/aromatic N) is 6. The summed E-state index contributed by atoms with van der Waals surface area (Å²) in [6.45, 7) is 3.50. The van der Waals surface area contributed by atoms with Gasteiger partial charge in [0, 0.05) is 49.9 Å². The molecule has 4 fully saturated rings. The highest BCUT2D eigenvalue weighted by Crippen LogP contribution is 2.42. The van der Waals surface area contributed by atoms with Crippen LogP contribution in [0.1, 0.15) is 55.7 Å². The first-order valence-electron chi connectivity index (χ1n) is 13.8. The van der Waals surface area contributed by atoms with Gasteiger partial charge in [0.05, 0.1) is 37.0 Å². The molecule has 8 nitrogen and oxygen atoms in total. The zero-order valence-corrected chi connectivity index (χ0v) is 21.4. The van der Waals surface area contributed by atoms with Crippen molar-refractivity contribution in [3.8, 4) is 11.3 Å². The van der Waals surface area contributed by atoms with E-state index in [2.05, 4.69) is 43.7 Å². The zero-order valence-electron chi connectivity index (χ0n) is 21.4. The third kappa shape index (κ3) is 4.58. The average molecular weight is 522 g/mol. The Morgan fingerprint density at radius 2 is 1.95 bits per heavy atom. The predicted octanol–water partition coefficient (Wildman–Crippen LogP) is 3.99. The number of nitrogens with one attached hydrogen (secondary N) is 1. The maximum Gasteiger partial charge on any atom is 0.248 e. The van der Waals surface area contributed by atoms with E-state index in [0.29, 0.717) is 31.7 Å². The maximum atomic E-state index is 13.2. The molecule has 0 aromatic carbocycles. The second kappa shape index (κ2) is 9.34. The lowest BCUT2D eigenvalue weighted by molar-refractivity contribution is -0.109. The summed E-state index contributed by atoms with van der Waals surface area (Å²) in [6.07, 6.45) is 12.3. The van der Waals surface area contributed by atoms with Gasteiger partial charge in [-0.05, 0) is 67.8 Å². The first kappa shape index (κ1) is 24.1. The van der Waals surface area contributed by atoms with E-state index in [4.69, 9.17) is 9.72 Å². The van der Waals surface area contributed by atoms with E-state index in [1.807, 2.05) is 29.5 Å². The standard InChI is InChI=1S/C28H33F2N7O/c29-28(30)9-19(10-28)11-32-23-2-1-7-36(15-23)24-5-6-26(33-14-24)27(17-38-18-27)37-16-25(34-35-37)22-8-21(12-31-13-22)20-3-4-20/h5-6,8,12-14,16,19-20,23,32H,1-4,7,9-11,15,17-18H2/t23-/m1/s1. The van der Waals surface area contributed by atoms with Gasteiger partial charge >= 0.3 is 0 Å². The van der Waals surface area contributed by atoms with Gasteiger partial charge in [0.2, 0.25) is 5.92 Å². The lowest BCUT2D eigenvalue weighted by Gasteiger charge is -2.41. The molecule has 7 rings (SSSR count). The average Bonchev–Trinajstić information content (AvgIpc) is 3.64. The molecule has 0 amide bonds. The third-order valence-corrected chi connectivity index (χ3v) is 8.60. The second-order valence-electron chi connectivity index (χ2n) is 11.6. The summed E-state index contributed by atoms with van der Waals surface area (Å²) < 4.78 is 33.8. The highest BCUT2D eigenvalue weighted by Gasteiger charge is 2.46. The molecule has 2 aliphatic carbocycles. The predicted molar refractivity (Wildman–Crippen MR) is 138 cm³/mol. The molecule has 5 heterocycles. The van der Waals surface area contributed by atoms with Gasteiger partial charge in [-0.2, -0.15) is 0 Å². The van der Waals surface area contributed by atoms with Crippen LogP contribution in [0.2, 0.25) is 0 Å². The smallest absolute Gasteiger partial charge is 0.248 e. The molecule has 2 aliphatic heterocycles. The van der Waals surface area contributed by atoms with Crippen LogP contribution in [-0.4, -0.2) is 69.8 Å². The van der Waals surface area contributed by atoms with Crippen molar-refractivity contribution in [1.82, 2.24) is 30.3 Å². The number of pyridine rings is 2. The van der Waals surface area contributed by atoms with E-state index in [1.165, 1.54) is 18.4 Å². The summed E-state index contributed by atoms with van der Waals surface area (Å²) >= 11 is 0. The third-order valence-electron chi connectivity index (χ3n) is 8.60. The summed E-state index contributed by atoms with van der Waals surface area (Å²) in [5, 5.41) is 12.5. The summed E-state index contributed by atoms with van der Waals surface area (Å²) in [4.78, 5) is 11.6. The van der Waals surface area contributed by atoms with Gasteiger partial charge in [-0.25, -0.2) is 13.5 Å². The van der Waals surface area contributed by atoms with Crippen molar-refractivity contribution in [1.29, 1.82) is 0 Å². The Labute approximate surface area is 220 Å². The van der Waals surface area contributed by atoms with Crippen molar-refractivity contribution in [2.45, 2.75) is 61.9 Å². The normalized spacial score (nSPS) is 24.6. The SMILES string of the molecule is FC1(F)CC(CN[C@@H]2CCCN(c3ccc(C4(n5cc(-c6cncc(C7CC7)c6)nn5)COC4)nc3)C2)C1. The monoisotopic (exact) mass is 521 g/mol. The Kier molecular flexibility index (Phi) is 5.92. The molecular weight excluding hydrogens is 488 g/mol. The fraction of sp³-hybridized carbons (Fsp3) is 0.571. The number of ether oxygens (including phenoxy) is 1. The lowest BCUT2D eigenvalue weighted by Crippen LogP contribution is -2.53. The zero-order chi connectivity index (χ0) is 25.7. The Bertz CT molecular complexity index is 1280. The number of halogens is 2. The minimum absolute atomic E-state index is 0.0181. The number of hydrogen-bond acceptors (Lipinski definition) is 7. The molecule has 0 radical (unpaired) electrons. The minimum atomic E-state index is -2.45. The van der Waals surface area contributed by atoms with Gasteiger partial charge in [-0.1, -0.05) is 5.21 Å². The Morgan fingerprint density at radius 3 is 2.66 bits per heavy atom. The van der Waals surface area contributed by atoms with Crippen LogP contribution in [0.15, 0.2) is 43.0 Å². The fourth-order valence-electron chi connectivity index (χ4n) is 6.03. The van der Waals surface area contributed by atoms with Crippen LogP contribution < -0.4 is 10.2 Å². The topological polar surface area (TPSA) is 81.0 Å². The van der Waals surface area contributed by atoms with Gasteiger partial charge in [-0.3, -0.25) is 9.97 Å². The van der Waals surface area contributed by atoms with Crippen LogP contribution in [0.4, 0.5) is 14.5 Å². The number of rotatable bonds is 8. The summed E-state index contributed by atoms with van der Waals surface area (Å²) in [5.74, 6) is -1.72. The van der Waals surface area contributed by atoms with Crippen LogP contribution in [0.25, 0.3) is 11.3 Å². The summed E-state index contributed by atoms with van der Waals surface area (Å²) in [6, 6.07) is 6.68. The Hall–Kier alpha value is -2.98. The van der Waals surface area contributed by atoms with Gasteiger partial charge in [0.25, 0.3) is 0 Å². The molecule has 2 saturated carbocycles. The molecule has 4 aliphatic rings. The van der Waals surface area contributed by atoms with Crippen molar-refractivity contribution < 1.29 is 13.5 Å².